The van der Waals surface area contributed by atoms with E-state index in [1.165, 1.54) is 29.4 Å². The quantitative estimate of drug-likeness (QED) is 0.435. The first kappa shape index (κ1) is 23.2. The van der Waals surface area contributed by atoms with E-state index in [9.17, 15) is 18.0 Å². The molecule has 1 aliphatic rings. The van der Waals surface area contributed by atoms with Crippen LogP contribution in [-0.4, -0.2) is 50.2 Å². The molecule has 12 heteroatoms. The van der Waals surface area contributed by atoms with E-state index in [4.69, 9.17) is 5.73 Å². The number of amides is 1. The van der Waals surface area contributed by atoms with Crippen molar-refractivity contribution in [1.29, 1.82) is 0 Å². The van der Waals surface area contributed by atoms with Gasteiger partial charge in [0.25, 0.3) is 0 Å². The van der Waals surface area contributed by atoms with E-state index < -0.39 is 11.9 Å². The number of carbonyl (C=O) groups excluding carboxylic acids is 1. The summed E-state index contributed by atoms with van der Waals surface area (Å²) in [4.78, 5) is 24.3. The summed E-state index contributed by atoms with van der Waals surface area (Å²) in [6, 6.07) is 8.29. The minimum absolute atomic E-state index is 0.0437. The van der Waals surface area contributed by atoms with Gasteiger partial charge in [0.15, 0.2) is 5.69 Å². The number of nitrogens with two attached hydrogens (primary N) is 1. The van der Waals surface area contributed by atoms with Gasteiger partial charge in [-0.2, -0.15) is 18.3 Å². The average molecular weight is 502 g/mol. The molecule has 35 heavy (non-hydrogen) atoms. The number of nitrogens with zero attached hydrogens (tertiary/aromatic N) is 5. The van der Waals surface area contributed by atoms with Crippen molar-refractivity contribution >= 4 is 33.8 Å². The lowest BCUT2D eigenvalue weighted by Crippen LogP contribution is -2.49. The Morgan fingerprint density at radius 3 is 2.83 bits per heavy atom. The van der Waals surface area contributed by atoms with Gasteiger partial charge in [-0.3, -0.25) is 9.48 Å². The van der Waals surface area contributed by atoms with Crippen LogP contribution in [0.2, 0.25) is 0 Å². The smallest absolute Gasteiger partial charge is 0.397 e. The number of anilines is 1. The van der Waals surface area contributed by atoms with E-state index in [-0.39, 0.29) is 24.2 Å². The number of benzene rings is 1. The fourth-order valence-corrected chi connectivity index (χ4v) is 5.53. The van der Waals surface area contributed by atoms with E-state index in [1.807, 2.05) is 18.2 Å². The monoisotopic (exact) mass is 501 g/mol. The number of hydrogen-bond donors (Lipinski definition) is 2. The number of piperazine rings is 1. The van der Waals surface area contributed by atoms with Crippen molar-refractivity contribution in [2.75, 3.05) is 25.4 Å². The number of fused-ring (bicyclic) bond motifs is 1. The molecule has 0 saturated carbocycles. The highest BCUT2D eigenvalue weighted by molar-refractivity contribution is 7.16. The summed E-state index contributed by atoms with van der Waals surface area (Å²) in [7, 11) is 1.46. The summed E-state index contributed by atoms with van der Waals surface area (Å²) in [6.07, 6.45) is -0.831. The maximum atomic E-state index is 13.2. The maximum Gasteiger partial charge on any atom is 0.435 e. The lowest BCUT2D eigenvalue weighted by atomic mass is 10.0. The molecular weight excluding hydrogens is 479 g/mol. The standard InChI is InChI=1S/C23H22F3N7OS/c1-32-18(9-20(31-32)23(24,25)26)22-15(27)8-19(35-22)17(33-5-4-28-11-21(33)34)7-13-2-3-14-10-29-12-30-16(14)6-13/h2-3,6,8-10,12,17,28H,4-5,7,11,27H2,1H3. The first-order chi connectivity index (χ1) is 16.7. The zero-order valence-electron chi connectivity index (χ0n) is 18.7. The van der Waals surface area contributed by atoms with Crippen molar-refractivity contribution in [3.8, 4) is 10.6 Å². The first-order valence-corrected chi connectivity index (χ1v) is 11.7. The first-order valence-electron chi connectivity index (χ1n) is 10.9. The van der Waals surface area contributed by atoms with Crippen molar-refractivity contribution in [2.24, 2.45) is 7.05 Å². The molecule has 0 aliphatic carbocycles. The van der Waals surface area contributed by atoms with Gasteiger partial charge >= 0.3 is 6.18 Å². The van der Waals surface area contributed by atoms with Crippen molar-refractivity contribution < 1.29 is 18.0 Å². The molecule has 1 saturated heterocycles. The molecule has 1 atom stereocenters. The predicted octanol–water partition coefficient (Wildman–Crippen LogP) is 3.41. The Balaban J connectivity index is 1.54. The van der Waals surface area contributed by atoms with Crippen LogP contribution in [0.3, 0.4) is 0 Å². The third-order valence-electron chi connectivity index (χ3n) is 6.01. The molecule has 0 spiro atoms. The maximum absolute atomic E-state index is 13.2. The summed E-state index contributed by atoms with van der Waals surface area (Å²) in [5, 5.41) is 7.60. The summed E-state index contributed by atoms with van der Waals surface area (Å²) in [6.45, 7) is 1.39. The number of halogens is 3. The predicted molar refractivity (Wildman–Crippen MR) is 127 cm³/mol. The van der Waals surface area contributed by atoms with Crippen LogP contribution in [0.1, 0.15) is 22.2 Å². The Bertz CT molecular complexity index is 1400. The minimum atomic E-state index is -4.56. The zero-order valence-corrected chi connectivity index (χ0v) is 19.5. The third-order valence-corrected chi connectivity index (χ3v) is 7.29. The SMILES string of the molecule is Cn1nc(C(F)(F)F)cc1-c1sc(C(Cc2ccc3cncnc3c2)N2CCNCC2=O)cc1N. The van der Waals surface area contributed by atoms with E-state index in [1.54, 1.807) is 17.2 Å². The van der Waals surface area contributed by atoms with Crippen LogP contribution < -0.4 is 11.1 Å². The highest BCUT2D eigenvalue weighted by atomic mass is 32.1. The molecule has 3 aromatic heterocycles. The van der Waals surface area contributed by atoms with E-state index in [2.05, 4.69) is 20.4 Å². The van der Waals surface area contributed by atoms with Gasteiger partial charge in [-0.25, -0.2) is 9.97 Å². The second-order valence-corrected chi connectivity index (χ2v) is 9.45. The Kier molecular flexibility index (Phi) is 5.93. The molecule has 1 amide bonds. The van der Waals surface area contributed by atoms with Gasteiger partial charge in [0.1, 0.15) is 6.33 Å². The molecule has 4 heterocycles. The zero-order chi connectivity index (χ0) is 24.7. The number of thiophene rings is 1. The van der Waals surface area contributed by atoms with Crippen molar-refractivity contribution in [1.82, 2.24) is 30.0 Å². The average Bonchev–Trinajstić information content (AvgIpc) is 3.40. The van der Waals surface area contributed by atoms with Crippen LogP contribution >= 0.6 is 11.3 Å². The van der Waals surface area contributed by atoms with Gasteiger partial charge < -0.3 is 16.0 Å². The fourth-order valence-electron chi connectivity index (χ4n) is 4.29. The van der Waals surface area contributed by atoms with Crippen LogP contribution in [0.4, 0.5) is 18.9 Å². The van der Waals surface area contributed by atoms with Gasteiger partial charge in [0, 0.05) is 36.6 Å². The molecule has 1 unspecified atom stereocenters. The van der Waals surface area contributed by atoms with E-state index in [0.717, 1.165) is 27.4 Å². The number of nitrogens with one attached hydrogen (secondary N) is 1. The molecule has 8 nitrogen and oxygen atoms in total. The van der Waals surface area contributed by atoms with E-state index in [0.29, 0.717) is 30.1 Å². The Morgan fingerprint density at radius 2 is 2.09 bits per heavy atom. The number of rotatable bonds is 5. The van der Waals surface area contributed by atoms with Crippen molar-refractivity contribution in [3.05, 3.63) is 59.0 Å². The molecule has 3 N–H and O–H groups in total. The van der Waals surface area contributed by atoms with Crippen LogP contribution in [0.5, 0.6) is 0 Å². The highest BCUT2D eigenvalue weighted by Crippen LogP contribution is 2.42. The minimum Gasteiger partial charge on any atom is -0.397 e. The van der Waals surface area contributed by atoms with Gasteiger partial charge in [0.2, 0.25) is 5.91 Å². The molecule has 182 valence electrons. The van der Waals surface area contributed by atoms with Crippen molar-refractivity contribution in [2.45, 2.75) is 18.6 Å². The van der Waals surface area contributed by atoms with Gasteiger partial charge in [-0.15, -0.1) is 11.3 Å². The third kappa shape index (κ3) is 4.58. The van der Waals surface area contributed by atoms with E-state index >= 15 is 0 Å². The molecule has 5 rings (SSSR count). The lowest BCUT2D eigenvalue weighted by molar-refractivity contribution is -0.141. The molecule has 0 radical (unpaired) electrons. The summed E-state index contributed by atoms with van der Waals surface area (Å²) >= 11 is 1.28. The number of hydrogen-bond acceptors (Lipinski definition) is 7. The second-order valence-electron chi connectivity index (χ2n) is 8.37. The van der Waals surface area contributed by atoms with Crippen molar-refractivity contribution in [3.63, 3.8) is 0 Å². The van der Waals surface area contributed by atoms with Crippen LogP contribution in [0.15, 0.2) is 42.9 Å². The number of aromatic nitrogens is 4. The molecule has 0 bridgehead atoms. The lowest BCUT2D eigenvalue weighted by Gasteiger charge is -2.34. The number of nitrogen functional groups attached to an aromatic ring is 1. The largest absolute Gasteiger partial charge is 0.435 e. The molecule has 1 fully saturated rings. The van der Waals surface area contributed by atoms with Gasteiger partial charge in [-0.1, -0.05) is 12.1 Å². The Labute approximate surface area is 202 Å². The number of carbonyl (C=O) groups is 1. The second kappa shape index (κ2) is 8.93. The number of aryl methyl sites for hydroxylation is 1. The highest BCUT2D eigenvalue weighted by Gasteiger charge is 2.35. The fraction of sp³-hybridized carbons (Fsp3) is 0.304. The molecule has 1 aromatic carbocycles. The van der Waals surface area contributed by atoms with Crippen LogP contribution in [-0.2, 0) is 24.4 Å². The summed E-state index contributed by atoms with van der Waals surface area (Å²) < 4.78 is 40.8. The Hall–Kier alpha value is -3.51. The normalized spacial score (nSPS) is 15.7. The molecule has 1 aliphatic heterocycles. The van der Waals surface area contributed by atoms with Crippen LogP contribution in [0, 0.1) is 0 Å². The number of alkyl halides is 3. The van der Waals surface area contributed by atoms with Gasteiger partial charge in [-0.05, 0) is 30.2 Å². The molecular formula is C23H22F3N7OS. The summed E-state index contributed by atoms with van der Waals surface area (Å²) in [5.41, 5.74) is 7.70. The van der Waals surface area contributed by atoms with Gasteiger partial charge in [0.05, 0.1) is 34.4 Å². The topological polar surface area (TPSA) is 102 Å². The summed E-state index contributed by atoms with van der Waals surface area (Å²) in [5.74, 6) is -0.0437. The van der Waals surface area contributed by atoms with Crippen LogP contribution in [0.25, 0.3) is 21.5 Å². The Morgan fingerprint density at radius 1 is 1.26 bits per heavy atom. The molecule has 4 aromatic rings.